The number of piperazine rings is 1. The fourth-order valence-electron chi connectivity index (χ4n) is 5.30. The number of likely N-dealkylation sites (tertiary alicyclic amines) is 1. The van der Waals surface area contributed by atoms with Gasteiger partial charge in [-0.25, -0.2) is 0 Å². The number of fused-ring (bicyclic) bond motifs is 2. The summed E-state index contributed by atoms with van der Waals surface area (Å²) in [4.78, 5) is 33.7. The van der Waals surface area contributed by atoms with Crippen LogP contribution in [0.15, 0.2) is 30.5 Å². The van der Waals surface area contributed by atoms with Crippen molar-refractivity contribution in [2.75, 3.05) is 32.8 Å². The summed E-state index contributed by atoms with van der Waals surface area (Å²) in [6, 6.07) is 8.25. The van der Waals surface area contributed by atoms with Crippen molar-refractivity contribution < 1.29 is 14.3 Å². The van der Waals surface area contributed by atoms with Gasteiger partial charge in [-0.3, -0.25) is 24.4 Å². The Kier molecular flexibility index (Phi) is 5.77. The van der Waals surface area contributed by atoms with Crippen molar-refractivity contribution in [2.45, 2.75) is 31.8 Å². The zero-order valence-electron chi connectivity index (χ0n) is 18.7. The number of nitrogens with one attached hydrogen (secondary N) is 1. The second-order valence-electron chi connectivity index (χ2n) is 8.96. The van der Waals surface area contributed by atoms with E-state index in [2.05, 4.69) is 15.2 Å². The molecular formula is C25H25ClN4O3S. The molecule has 0 unspecified atom stereocenters. The van der Waals surface area contributed by atoms with Crippen LogP contribution in [0.3, 0.4) is 0 Å². The Balaban J connectivity index is 1.45. The summed E-state index contributed by atoms with van der Waals surface area (Å²) < 4.78 is 7.13. The fourth-order valence-corrected chi connectivity index (χ4v) is 6.63. The summed E-state index contributed by atoms with van der Waals surface area (Å²) in [5.41, 5.74) is 4.18. The number of hydrogen-bond acceptors (Lipinski definition) is 7. The fraction of sp³-hybridized carbons (Fsp3) is 0.400. The van der Waals surface area contributed by atoms with E-state index in [9.17, 15) is 9.59 Å². The molecule has 1 aromatic carbocycles. The van der Waals surface area contributed by atoms with Gasteiger partial charge in [-0.2, -0.15) is 0 Å². The normalized spacial score (nSPS) is 21.2. The Morgan fingerprint density at radius 2 is 1.91 bits per heavy atom. The Labute approximate surface area is 206 Å². The van der Waals surface area contributed by atoms with Gasteiger partial charge < -0.3 is 10.1 Å². The van der Waals surface area contributed by atoms with Crippen molar-refractivity contribution in [1.82, 2.24) is 20.1 Å². The van der Waals surface area contributed by atoms with Crippen LogP contribution in [0.5, 0.6) is 5.75 Å². The van der Waals surface area contributed by atoms with Crippen LogP contribution in [-0.4, -0.2) is 59.4 Å². The minimum absolute atomic E-state index is 0.101. The molecule has 7 nitrogen and oxygen atoms in total. The number of ether oxygens (including phenoxy) is 1. The van der Waals surface area contributed by atoms with E-state index in [1.54, 1.807) is 11.3 Å². The standard InChI is InChI=1S/C25H25ClN4O3S/c26-15-11-18(24-20(4-10-33-21(24)12-15)29-8-6-27-7-9-29)17-3-5-28-19-13-16(34-25(17)19)14-30-22(31)1-2-23(30)32/h3,5,11-13,20,27H,1-2,4,6-10,14H2/t20-/m0/s1. The van der Waals surface area contributed by atoms with Crippen molar-refractivity contribution in [3.63, 3.8) is 0 Å². The second kappa shape index (κ2) is 8.92. The molecule has 34 heavy (non-hydrogen) atoms. The molecule has 3 aliphatic rings. The summed E-state index contributed by atoms with van der Waals surface area (Å²) >= 11 is 8.16. The molecule has 5 heterocycles. The zero-order valence-corrected chi connectivity index (χ0v) is 20.3. The van der Waals surface area contributed by atoms with Gasteiger partial charge in [0.2, 0.25) is 11.8 Å². The van der Waals surface area contributed by atoms with Gasteiger partial charge in [0.05, 0.1) is 23.4 Å². The van der Waals surface area contributed by atoms with Crippen LogP contribution in [0.2, 0.25) is 5.02 Å². The first-order valence-corrected chi connectivity index (χ1v) is 12.9. The highest BCUT2D eigenvalue weighted by atomic mass is 35.5. The quantitative estimate of drug-likeness (QED) is 0.550. The van der Waals surface area contributed by atoms with E-state index >= 15 is 0 Å². The van der Waals surface area contributed by atoms with Gasteiger partial charge in [0, 0.05) is 78.7 Å². The lowest BCUT2D eigenvalue weighted by atomic mass is 9.90. The van der Waals surface area contributed by atoms with E-state index in [0.717, 1.165) is 64.6 Å². The lowest BCUT2D eigenvalue weighted by molar-refractivity contribution is -0.138. The van der Waals surface area contributed by atoms with Crippen molar-refractivity contribution in [2.24, 2.45) is 0 Å². The number of rotatable bonds is 4. The zero-order chi connectivity index (χ0) is 23.2. The van der Waals surface area contributed by atoms with Gasteiger partial charge in [-0.05, 0) is 29.8 Å². The number of halogens is 1. The number of aromatic nitrogens is 1. The first-order valence-electron chi connectivity index (χ1n) is 11.7. The minimum Gasteiger partial charge on any atom is -0.493 e. The first kappa shape index (κ1) is 22.0. The predicted molar refractivity (Wildman–Crippen MR) is 132 cm³/mol. The minimum atomic E-state index is -0.101. The van der Waals surface area contributed by atoms with Gasteiger partial charge in [-0.1, -0.05) is 11.6 Å². The highest BCUT2D eigenvalue weighted by molar-refractivity contribution is 7.19. The molecule has 0 saturated carbocycles. The lowest BCUT2D eigenvalue weighted by Gasteiger charge is -2.39. The van der Waals surface area contributed by atoms with Crippen molar-refractivity contribution >= 4 is 45.0 Å². The Hall–Kier alpha value is -2.52. The van der Waals surface area contributed by atoms with Crippen LogP contribution in [0.25, 0.3) is 21.3 Å². The van der Waals surface area contributed by atoms with Crippen LogP contribution in [0.4, 0.5) is 0 Å². The smallest absolute Gasteiger partial charge is 0.230 e. The Morgan fingerprint density at radius 1 is 1.12 bits per heavy atom. The summed E-state index contributed by atoms with van der Waals surface area (Å²) in [6.45, 7) is 4.94. The van der Waals surface area contributed by atoms with E-state index in [4.69, 9.17) is 16.3 Å². The van der Waals surface area contributed by atoms with Crippen LogP contribution in [0, 0.1) is 0 Å². The number of benzene rings is 1. The molecule has 0 radical (unpaired) electrons. The van der Waals surface area contributed by atoms with Crippen LogP contribution < -0.4 is 10.1 Å². The van der Waals surface area contributed by atoms with E-state index in [1.807, 2.05) is 30.5 Å². The largest absolute Gasteiger partial charge is 0.493 e. The molecule has 2 fully saturated rings. The first-order chi connectivity index (χ1) is 16.6. The van der Waals surface area contributed by atoms with Gasteiger partial charge in [0.15, 0.2) is 0 Å². The average Bonchev–Trinajstić information content (AvgIpc) is 3.41. The highest BCUT2D eigenvalue weighted by Crippen LogP contribution is 2.46. The number of imide groups is 1. The van der Waals surface area contributed by atoms with E-state index in [0.29, 0.717) is 31.0 Å². The van der Waals surface area contributed by atoms with Crippen LogP contribution in [0.1, 0.15) is 35.7 Å². The van der Waals surface area contributed by atoms with Crippen LogP contribution in [-0.2, 0) is 16.1 Å². The molecule has 0 bridgehead atoms. The number of pyridine rings is 1. The molecule has 2 aromatic heterocycles. The summed E-state index contributed by atoms with van der Waals surface area (Å²) in [6.07, 6.45) is 3.35. The van der Waals surface area contributed by atoms with Crippen molar-refractivity contribution in [1.29, 1.82) is 0 Å². The van der Waals surface area contributed by atoms with E-state index in [1.165, 1.54) is 10.5 Å². The molecule has 3 aliphatic heterocycles. The summed E-state index contributed by atoms with van der Waals surface area (Å²) in [5.74, 6) is 0.651. The summed E-state index contributed by atoms with van der Waals surface area (Å²) in [5, 5.41) is 4.09. The molecule has 176 valence electrons. The number of carbonyl (C=O) groups excluding carboxylic acids is 2. The molecule has 3 aromatic rings. The SMILES string of the molecule is O=C1CCC(=O)N1Cc1cc2nccc(-c3cc(Cl)cc4c3[C@@H](N3CCNCC3)CCO4)c2s1. The number of nitrogens with zero attached hydrogens (tertiary/aromatic N) is 3. The maximum atomic E-state index is 12.1. The third kappa shape index (κ3) is 3.88. The van der Waals surface area contributed by atoms with Crippen LogP contribution >= 0.6 is 22.9 Å². The molecule has 0 spiro atoms. The van der Waals surface area contributed by atoms with Gasteiger partial charge >= 0.3 is 0 Å². The third-order valence-electron chi connectivity index (χ3n) is 6.90. The predicted octanol–water partition coefficient (Wildman–Crippen LogP) is 3.99. The van der Waals surface area contributed by atoms with Gasteiger partial charge in [0.1, 0.15) is 5.75 Å². The molecule has 1 atom stereocenters. The molecule has 9 heteroatoms. The molecule has 0 aliphatic carbocycles. The Bertz CT molecular complexity index is 1270. The lowest BCUT2D eigenvalue weighted by Crippen LogP contribution is -2.46. The maximum Gasteiger partial charge on any atom is 0.230 e. The number of thiophene rings is 1. The monoisotopic (exact) mass is 496 g/mol. The third-order valence-corrected chi connectivity index (χ3v) is 8.26. The topological polar surface area (TPSA) is 74.8 Å². The summed E-state index contributed by atoms with van der Waals surface area (Å²) in [7, 11) is 0. The molecule has 6 rings (SSSR count). The average molecular weight is 497 g/mol. The number of amides is 2. The second-order valence-corrected chi connectivity index (χ2v) is 10.5. The molecular weight excluding hydrogens is 472 g/mol. The maximum absolute atomic E-state index is 12.1. The van der Waals surface area contributed by atoms with Gasteiger partial charge in [0.25, 0.3) is 0 Å². The van der Waals surface area contributed by atoms with Crippen molar-refractivity contribution in [3.05, 3.63) is 45.9 Å². The van der Waals surface area contributed by atoms with E-state index < -0.39 is 0 Å². The van der Waals surface area contributed by atoms with E-state index in [-0.39, 0.29) is 17.9 Å². The van der Waals surface area contributed by atoms with Gasteiger partial charge in [-0.15, -0.1) is 11.3 Å². The molecule has 2 amide bonds. The molecule has 1 N–H and O–H groups in total. The highest BCUT2D eigenvalue weighted by Gasteiger charge is 2.32. The number of hydrogen-bond donors (Lipinski definition) is 1. The Morgan fingerprint density at radius 3 is 2.71 bits per heavy atom. The molecule has 2 saturated heterocycles. The number of carbonyl (C=O) groups is 2. The van der Waals surface area contributed by atoms with Crippen molar-refractivity contribution in [3.8, 4) is 16.9 Å².